The molecular formula is C9H18ClNO3. The zero-order valence-corrected chi connectivity index (χ0v) is 10.1. The van der Waals surface area contributed by atoms with E-state index in [9.17, 15) is 4.79 Å². The summed E-state index contributed by atoms with van der Waals surface area (Å²) in [5.41, 5.74) is -0.584. The molecular weight excluding hydrogens is 206 g/mol. The van der Waals surface area contributed by atoms with E-state index >= 15 is 0 Å². The first-order valence-corrected chi connectivity index (χ1v) is 4.83. The highest BCUT2D eigenvalue weighted by Gasteiger charge is 2.30. The van der Waals surface area contributed by atoms with Crippen LogP contribution in [-0.2, 0) is 14.4 Å². The maximum absolute atomic E-state index is 11.1. The van der Waals surface area contributed by atoms with Crippen molar-refractivity contribution in [1.82, 2.24) is 4.58 Å². The van der Waals surface area contributed by atoms with E-state index in [4.69, 9.17) is 16.6 Å². The van der Waals surface area contributed by atoms with Crippen LogP contribution in [0.15, 0.2) is 0 Å². The summed E-state index contributed by atoms with van der Waals surface area (Å²) in [6.45, 7) is 7.34. The van der Waals surface area contributed by atoms with Gasteiger partial charge in [-0.3, -0.25) is 9.63 Å². The Bertz CT molecular complexity index is 194. The first-order valence-electron chi connectivity index (χ1n) is 4.49. The van der Waals surface area contributed by atoms with Gasteiger partial charge in [0.1, 0.15) is 0 Å². The van der Waals surface area contributed by atoms with Gasteiger partial charge in [-0.1, -0.05) is 4.58 Å². The van der Waals surface area contributed by atoms with Crippen molar-refractivity contribution in [3.8, 4) is 0 Å². The Morgan fingerprint density at radius 3 is 2.36 bits per heavy atom. The summed E-state index contributed by atoms with van der Waals surface area (Å²) >= 11 is 5.87. The lowest BCUT2D eigenvalue weighted by Crippen LogP contribution is -2.40. The lowest BCUT2D eigenvalue weighted by atomic mass is 10.0. The fourth-order valence-electron chi connectivity index (χ4n) is 0.815. The molecule has 0 aliphatic heterocycles. The Labute approximate surface area is 90.2 Å². The van der Waals surface area contributed by atoms with Crippen LogP contribution in [0.4, 0.5) is 0 Å². The zero-order chi connectivity index (χ0) is 11.4. The number of hydrogen-bond donors (Lipinski definition) is 0. The van der Waals surface area contributed by atoms with Crippen molar-refractivity contribution in [3.05, 3.63) is 0 Å². The van der Waals surface area contributed by atoms with E-state index in [-0.39, 0.29) is 18.5 Å². The molecule has 4 nitrogen and oxygen atoms in total. The van der Waals surface area contributed by atoms with Crippen molar-refractivity contribution in [2.24, 2.45) is 0 Å². The number of nitrogens with zero attached hydrogens (tertiary/aromatic N) is 1. The molecule has 0 aliphatic rings. The molecule has 84 valence electrons. The molecule has 0 N–H and O–H groups in total. The monoisotopic (exact) mass is 223 g/mol. The molecule has 0 fully saturated rings. The minimum atomic E-state index is -0.584. The lowest BCUT2D eigenvalue weighted by molar-refractivity contribution is -0.179. The molecule has 0 radical (unpaired) electrons. The molecule has 0 amide bonds. The Kier molecular flexibility index (Phi) is 5.41. The number of carbonyl (C=O) groups excluding carboxylic acids is 1. The lowest BCUT2D eigenvalue weighted by Gasteiger charge is -2.31. The largest absolute Gasteiger partial charge is 0.469 e. The van der Waals surface area contributed by atoms with Crippen LogP contribution < -0.4 is 0 Å². The molecule has 0 atom stereocenters. The Balaban J connectivity index is 4.22. The number of rotatable bonds is 5. The van der Waals surface area contributed by atoms with E-state index < -0.39 is 5.54 Å². The van der Waals surface area contributed by atoms with Gasteiger partial charge in [-0.15, -0.1) is 0 Å². The van der Waals surface area contributed by atoms with Crippen molar-refractivity contribution in [1.29, 1.82) is 0 Å². The molecule has 5 heteroatoms. The van der Waals surface area contributed by atoms with Gasteiger partial charge in [-0.25, -0.2) is 0 Å². The van der Waals surface area contributed by atoms with E-state index in [1.54, 1.807) is 13.8 Å². The van der Waals surface area contributed by atoms with Crippen LogP contribution in [0.1, 0.15) is 34.1 Å². The minimum Gasteiger partial charge on any atom is -0.469 e. The van der Waals surface area contributed by atoms with E-state index in [2.05, 4.69) is 4.74 Å². The van der Waals surface area contributed by atoms with Gasteiger partial charge in [0, 0.05) is 11.8 Å². The fraction of sp³-hybridized carbons (Fsp3) is 0.889. The summed E-state index contributed by atoms with van der Waals surface area (Å²) in [4.78, 5) is 16.3. The molecule has 14 heavy (non-hydrogen) atoms. The van der Waals surface area contributed by atoms with Crippen LogP contribution in [0.5, 0.6) is 0 Å². The molecule has 0 bridgehead atoms. The molecule has 0 saturated heterocycles. The number of carbonyl (C=O) groups is 1. The maximum Gasteiger partial charge on any atom is 0.307 e. The van der Waals surface area contributed by atoms with Crippen LogP contribution >= 0.6 is 11.8 Å². The summed E-state index contributed by atoms with van der Waals surface area (Å²) in [7, 11) is 1.35. The van der Waals surface area contributed by atoms with Crippen molar-refractivity contribution < 1.29 is 14.4 Å². The molecule has 0 aromatic rings. The molecule has 0 aromatic carbocycles. The summed E-state index contributed by atoms with van der Waals surface area (Å²) in [6.07, 6.45) is 0.157. The molecule has 0 unspecified atom stereocenters. The average molecular weight is 224 g/mol. The molecule has 0 saturated carbocycles. The topological polar surface area (TPSA) is 38.8 Å². The summed E-state index contributed by atoms with van der Waals surface area (Å²) in [5.74, 6) is -0.312. The SMILES string of the molecule is COC(=O)CC(C)(C)N(Cl)OC(C)C. The summed E-state index contributed by atoms with van der Waals surface area (Å²) < 4.78 is 5.74. The first-order chi connectivity index (χ1) is 6.29. The van der Waals surface area contributed by atoms with E-state index in [0.29, 0.717) is 0 Å². The van der Waals surface area contributed by atoms with Gasteiger partial charge in [-0.05, 0) is 27.7 Å². The molecule has 0 rings (SSSR count). The number of hydrogen-bond acceptors (Lipinski definition) is 4. The van der Waals surface area contributed by atoms with E-state index in [0.717, 1.165) is 0 Å². The summed E-state index contributed by atoms with van der Waals surface area (Å²) in [5, 5.41) is 0. The highest BCUT2D eigenvalue weighted by atomic mass is 35.5. The Morgan fingerprint density at radius 1 is 1.50 bits per heavy atom. The smallest absolute Gasteiger partial charge is 0.307 e. The first kappa shape index (κ1) is 13.7. The van der Waals surface area contributed by atoms with Crippen molar-refractivity contribution in [2.45, 2.75) is 45.8 Å². The number of hydroxylamine groups is 1. The molecule has 0 aromatic heterocycles. The molecule has 0 aliphatic carbocycles. The van der Waals surface area contributed by atoms with Crippen LogP contribution in [-0.4, -0.2) is 29.3 Å². The van der Waals surface area contributed by atoms with Crippen LogP contribution in [0.25, 0.3) is 0 Å². The highest BCUT2D eigenvalue weighted by Crippen LogP contribution is 2.23. The van der Waals surface area contributed by atoms with Crippen LogP contribution in [0.2, 0.25) is 0 Å². The number of ether oxygens (including phenoxy) is 1. The second-order valence-corrected chi connectivity index (χ2v) is 4.27. The van der Waals surface area contributed by atoms with Gasteiger partial charge in [0.25, 0.3) is 0 Å². The second-order valence-electron chi connectivity index (χ2n) is 3.96. The molecule has 0 heterocycles. The van der Waals surface area contributed by atoms with Gasteiger partial charge >= 0.3 is 5.97 Å². The third-order valence-electron chi connectivity index (χ3n) is 1.58. The number of esters is 1. The zero-order valence-electron chi connectivity index (χ0n) is 9.33. The predicted octanol–water partition coefficient (Wildman–Crippen LogP) is 2.12. The van der Waals surface area contributed by atoms with Crippen LogP contribution in [0.3, 0.4) is 0 Å². The average Bonchev–Trinajstić information content (AvgIpc) is 2.02. The van der Waals surface area contributed by atoms with Crippen molar-refractivity contribution in [3.63, 3.8) is 0 Å². The summed E-state index contributed by atoms with van der Waals surface area (Å²) in [6, 6.07) is 0. The van der Waals surface area contributed by atoms with Gasteiger partial charge in [0.15, 0.2) is 0 Å². The molecule has 0 spiro atoms. The van der Waals surface area contributed by atoms with E-state index in [1.807, 2.05) is 13.8 Å². The number of methoxy groups -OCH3 is 1. The quantitative estimate of drug-likeness (QED) is 0.407. The van der Waals surface area contributed by atoms with Gasteiger partial charge in [0.05, 0.1) is 25.2 Å². The van der Waals surface area contributed by atoms with Gasteiger partial charge < -0.3 is 4.74 Å². The normalized spacial score (nSPS) is 12.3. The maximum atomic E-state index is 11.1. The highest BCUT2D eigenvalue weighted by molar-refractivity contribution is 6.13. The predicted molar refractivity (Wildman–Crippen MR) is 54.6 cm³/mol. The standard InChI is InChI=1S/C9H18ClNO3/c1-7(2)14-11(10)9(3,4)6-8(12)13-5/h7H,6H2,1-5H3. The van der Waals surface area contributed by atoms with E-state index in [1.165, 1.54) is 11.7 Å². The third-order valence-corrected chi connectivity index (χ3v) is 2.12. The van der Waals surface area contributed by atoms with Gasteiger partial charge in [0.2, 0.25) is 0 Å². The Hall–Kier alpha value is -0.320. The van der Waals surface area contributed by atoms with Crippen molar-refractivity contribution >= 4 is 17.7 Å². The minimum absolute atomic E-state index is 0.0237. The third kappa shape index (κ3) is 4.79. The Morgan fingerprint density at radius 2 is 2.00 bits per heavy atom. The van der Waals surface area contributed by atoms with Crippen molar-refractivity contribution in [2.75, 3.05) is 7.11 Å². The second kappa shape index (κ2) is 5.53. The van der Waals surface area contributed by atoms with Crippen LogP contribution in [0, 0.1) is 0 Å². The number of halogens is 1. The van der Waals surface area contributed by atoms with Gasteiger partial charge in [-0.2, -0.15) is 0 Å². The fourth-order valence-corrected chi connectivity index (χ4v) is 1.03.